The molecule has 2 aromatic heterocycles. The highest BCUT2D eigenvalue weighted by atomic mass is 35.7. The van der Waals surface area contributed by atoms with Gasteiger partial charge in [-0.3, -0.25) is 4.79 Å². The van der Waals surface area contributed by atoms with E-state index in [0.29, 0.717) is 6.07 Å². The Morgan fingerprint density at radius 3 is 1.76 bits per heavy atom. The average Bonchev–Trinajstić information content (AvgIpc) is 2.59. The number of halogens is 5. The molecule has 0 aliphatic heterocycles. The van der Waals surface area contributed by atoms with Gasteiger partial charge in [-0.15, -0.1) is 0 Å². The third-order valence-electron chi connectivity index (χ3n) is 2.95. The monoisotopic (exact) mass is 493 g/mol. The maximum Gasteiger partial charge on any atom is 0.419 e. The van der Waals surface area contributed by atoms with E-state index in [9.17, 15) is 34.8 Å². The number of pyridine rings is 2. The molecule has 0 atom stereocenters. The Kier molecular flexibility index (Phi) is 7.99. The van der Waals surface area contributed by atoms with Crippen LogP contribution in [0, 0.1) is 0 Å². The maximum atomic E-state index is 12.2. The zero-order valence-electron chi connectivity index (χ0n) is 14.6. The highest BCUT2D eigenvalue weighted by molar-refractivity contribution is 8.14. The van der Waals surface area contributed by atoms with Gasteiger partial charge < -0.3 is 4.90 Å². The zero-order valence-corrected chi connectivity index (χ0v) is 17.7. The molecule has 0 spiro atoms. The van der Waals surface area contributed by atoms with E-state index in [0.717, 1.165) is 12.3 Å². The van der Waals surface area contributed by atoms with Gasteiger partial charge >= 0.3 is 6.18 Å². The van der Waals surface area contributed by atoms with Crippen LogP contribution in [0.3, 0.4) is 0 Å². The van der Waals surface area contributed by atoms with Crippen molar-refractivity contribution in [3.63, 3.8) is 0 Å². The Balaban J connectivity index is 0.000000291. The molecule has 0 N–H and O–H groups in total. The molecule has 160 valence electrons. The second-order valence-corrected chi connectivity index (χ2v) is 10.2. The predicted molar refractivity (Wildman–Crippen MR) is 97.6 cm³/mol. The molecule has 0 aliphatic rings. The summed E-state index contributed by atoms with van der Waals surface area (Å²) in [5.74, 6) is -0.456. The molecule has 2 rings (SSSR count). The summed E-state index contributed by atoms with van der Waals surface area (Å²) >= 11 is 0. The summed E-state index contributed by atoms with van der Waals surface area (Å²) in [6, 6.07) is 4.42. The summed E-state index contributed by atoms with van der Waals surface area (Å²) in [5.41, 5.74) is -1.40. The van der Waals surface area contributed by atoms with Crippen LogP contribution >= 0.6 is 21.4 Å². The normalized spacial score (nSPS) is 12.0. The standard InChI is InChI=1S/C8H9ClN2O3S.C6H3ClF3NO2S/c1-11(2)8(12)6-4-3-5-10-7(6)15(9,13)14;7-14(12,13)5-4(6(8,9)10)2-1-3-11-5/h3-5H,1-2H3;1-3H. The fraction of sp³-hybridized carbons (Fsp3) is 0.214. The van der Waals surface area contributed by atoms with E-state index >= 15 is 0 Å². The number of hydrogen-bond donors (Lipinski definition) is 0. The van der Waals surface area contributed by atoms with Crippen molar-refractivity contribution in [2.75, 3.05) is 14.1 Å². The summed E-state index contributed by atoms with van der Waals surface area (Å²) in [7, 11) is 4.48. The largest absolute Gasteiger partial charge is 0.419 e. The summed E-state index contributed by atoms with van der Waals surface area (Å²) in [4.78, 5) is 19.5. The summed E-state index contributed by atoms with van der Waals surface area (Å²) in [6.45, 7) is 0. The van der Waals surface area contributed by atoms with Crippen molar-refractivity contribution in [2.24, 2.45) is 0 Å². The Bertz CT molecular complexity index is 1110. The van der Waals surface area contributed by atoms with Crippen LogP contribution in [0.2, 0.25) is 0 Å². The van der Waals surface area contributed by atoms with E-state index in [4.69, 9.17) is 21.4 Å². The fourth-order valence-electron chi connectivity index (χ4n) is 1.79. The number of rotatable bonds is 3. The number of carbonyl (C=O) groups excluding carboxylic acids is 1. The summed E-state index contributed by atoms with van der Waals surface area (Å²) < 4.78 is 80.3. The van der Waals surface area contributed by atoms with Gasteiger partial charge in [-0.25, -0.2) is 26.8 Å². The van der Waals surface area contributed by atoms with Gasteiger partial charge in [0, 0.05) is 47.9 Å². The van der Waals surface area contributed by atoms with Gasteiger partial charge in [0.1, 0.15) is 0 Å². The van der Waals surface area contributed by atoms with Gasteiger partial charge in [-0.1, -0.05) is 0 Å². The molecule has 8 nitrogen and oxygen atoms in total. The van der Waals surface area contributed by atoms with Crippen molar-refractivity contribution in [2.45, 2.75) is 16.2 Å². The molecule has 0 saturated heterocycles. The molecule has 0 saturated carbocycles. The first kappa shape index (κ1) is 25.1. The minimum Gasteiger partial charge on any atom is -0.345 e. The molecule has 1 amide bonds. The van der Waals surface area contributed by atoms with E-state index < -0.39 is 45.8 Å². The molecular weight excluding hydrogens is 482 g/mol. The van der Waals surface area contributed by atoms with Gasteiger partial charge in [0.25, 0.3) is 24.0 Å². The van der Waals surface area contributed by atoms with Gasteiger partial charge in [0.05, 0.1) is 11.1 Å². The molecule has 0 aromatic carbocycles. The smallest absolute Gasteiger partial charge is 0.345 e. The number of aromatic nitrogens is 2. The lowest BCUT2D eigenvalue weighted by atomic mass is 10.2. The fourth-order valence-corrected chi connectivity index (χ4v) is 3.77. The molecule has 15 heteroatoms. The Morgan fingerprint density at radius 2 is 1.38 bits per heavy atom. The molecule has 0 unspecified atom stereocenters. The molecule has 0 radical (unpaired) electrons. The van der Waals surface area contributed by atoms with Crippen molar-refractivity contribution in [3.8, 4) is 0 Å². The van der Waals surface area contributed by atoms with Crippen LogP contribution in [0.4, 0.5) is 13.2 Å². The van der Waals surface area contributed by atoms with E-state index in [1.54, 1.807) is 0 Å². The molecule has 0 aliphatic carbocycles. The van der Waals surface area contributed by atoms with Crippen molar-refractivity contribution >= 4 is 45.4 Å². The van der Waals surface area contributed by atoms with Gasteiger partial charge in [-0.05, 0) is 24.3 Å². The average molecular weight is 494 g/mol. The lowest BCUT2D eigenvalue weighted by molar-refractivity contribution is -0.140. The van der Waals surface area contributed by atoms with Crippen LogP contribution in [0.1, 0.15) is 15.9 Å². The third kappa shape index (κ3) is 7.10. The Labute approximate surface area is 173 Å². The molecule has 0 bridgehead atoms. The topological polar surface area (TPSA) is 114 Å². The van der Waals surface area contributed by atoms with Crippen molar-refractivity contribution < 1.29 is 34.8 Å². The number of nitrogens with zero attached hydrogens (tertiary/aromatic N) is 3. The van der Waals surface area contributed by atoms with Crippen molar-refractivity contribution in [1.29, 1.82) is 0 Å². The quantitative estimate of drug-likeness (QED) is 0.603. The van der Waals surface area contributed by atoms with Gasteiger partial charge in [-0.2, -0.15) is 13.2 Å². The third-order valence-corrected chi connectivity index (χ3v) is 5.40. The summed E-state index contributed by atoms with van der Waals surface area (Å²) in [5, 5.41) is -1.58. The number of hydrogen-bond acceptors (Lipinski definition) is 7. The first-order valence-electron chi connectivity index (χ1n) is 7.15. The van der Waals surface area contributed by atoms with Gasteiger partial charge in [0.2, 0.25) is 0 Å². The molecule has 29 heavy (non-hydrogen) atoms. The molecule has 2 heterocycles. The van der Waals surface area contributed by atoms with Crippen LogP contribution in [-0.2, 0) is 24.3 Å². The number of carbonyl (C=O) groups is 1. The molecule has 2 aromatic rings. The van der Waals surface area contributed by atoms with Gasteiger partial charge in [0.15, 0.2) is 10.1 Å². The van der Waals surface area contributed by atoms with E-state index in [-0.39, 0.29) is 5.56 Å². The SMILES string of the molecule is CN(C)C(=O)c1cccnc1S(=O)(=O)Cl.O=S(=O)(Cl)c1ncccc1C(F)(F)F. The van der Waals surface area contributed by atoms with E-state index in [1.165, 1.54) is 37.3 Å². The molecule has 0 fully saturated rings. The maximum absolute atomic E-state index is 12.2. The predicted octanol–water partition coefficient (Wildman–Crippen LogP) is 2.74. The Hall–Kier alpha value is -1.96. The second kappa shape index (κ2) is 9.24. The highest BCUT2D eigenvalue weighted by Crippen LogP contribution is 2.33. The second-order valence-electron chi connectivity index (χ2n) is 5.29. The number of alkyl halides is 3. The van der Waals surface area contributed by atoms with Crippen LogP contribution in [-0.4, -0.2) is 51.7 Å². The lowest BCUT2D eigenvalue weighted by Crippen LogP contribution is -2.23. The zero-order chi connectivity index (χ0) is 22.6. The summed E-state index contributed by atoms with van der Waals surface area (Å²) in [6.07, 6.45) is -2.60. The van der Waals surface area contributed by atoms with Crippen molar-refractivity contribution in [3.05, 3.63) is 47.8 Å². The lowest BCUT2D eigenvalue weighted by Gasteiger charge is -2.11. The Morgan fingerprint density at radius 1 is 0.931 bits per heavy atom. The van der Waals surface area contributed by atoms with Crippen LogP contribution in [0.15, 0.2) is 46.7 Å². The first-order chi connectivity index (χ1) is 13.1. The van der Waals surface area contributed by atoms with Crippen LogP contribution in [0.5, 0.6) is 0 Å². The first-order valence-corrected chi connectivity index (χ1v) is 11.8. The minimum absolute atomic E-state index is 0.0301. The minimum atomic E-state index is -4.79. The number of amides is 1. The highest BCUT2D eigenvalue weighted by Gasteiger charge is 2.37. The van der Waals surface area contributed by atoms with E-state index in [1.807, 2.05) is 0 Å². The molecular formula is C14H12Cl2F3N3O5S2. The van der Waals surface area contributed by atoms with Crippen LogP contribution in [0.25, 0.3) is 0 Å². The van der Waals surface area contributed by atoms with E-state index in [2.05, 4.69) is 9.97 Å². The van der Waals surface area contributed by atoms with Crippen molar-refractivity contribution in [1.82, 2.24) is 14.9 Å². The van der Waals surface area contributed by atoms with Crippen LogP contribution < -0.4 is 0 Å².